The molecule has 0 saturated carbocycles. The number of nitro benzene ring substituents is 1. The van der Waals surface area contributed by atoms with Gasteiger partial charge in [0.05, 0.1) is 28.6 Å². The molecule has 1 aliphatic rings. The molecule has 7 heteroatoms. The van der Waals surface area contributed by atoms with Gasteiger partial charge in [0, 0.05) is 44.5 Å². The van der Waals surface area contributed by atoms with Crippen LogP contribution in [0.1, 0.15) is 27.9 Å². The zero-order valence-corrected chi connectivity index (χ0v) is 15.3. The number of non-ortho nitro benzene ring substituents is 1. The Hall–Kier alpha value is -3.50. The lowest BCUT2D eigenvalue weighted by atomic mass is 9.99. The van der Waals surface area contributed by atoms with Gasteiger partial charge >= 0.3 is 0 Å². The van der Waals surface area contributed by atoms with Crippen LogP contribution in [-0.2, 0) is 26.1 Å². The molecule has 3 aromatic rings. The summed E-state index contributed by atoms with van der Waals surface area (Å²) in [6.07, 6.45) is 4.57. The predicted octanol–water partition coefficient (Wildman–Crippen LogP) is 3.27. The number of aromatic nitrogens is 2. The largest absolute Gasteiger partial charge is 0.329 e. The molecule has 0 aliphatic carbocycles. The van der Waals surface area contributed by atoms with E-state index in [9.17, 15) is 10.1 Å². The van der Waals surface area contributed by atoms with E-state index in [4.69, 9.17) is 5.26 Å². The summed E-state index contributed by atoms with van der Waals surface area (Å²) in [4.78, 5) is 17.3. The normalized spacial score (nSPS) is 13.7. The molecule has 0 unspecified atom stereocenters. The van der Waals surface area contributed by atoms with Crippen molar-refractivity contribution in [2.75, 3.05) is 6.54 Å². The van der Waals surface area contributed by atoms with Crippen LogP contribution < -0.4 is 0 Å². The summed E-state index contributed by atoms with van der Waals surface area (Å²) in [7, 11) is 0. The molecule has 1 aliphatic heterocycles. The molecular formula is C21H19N5O2. The van der Waals surface area contributed by atoms with Crippen LogP contribution in [0.2, 0.25) is 0 Å². The van der Waals surface area contributed by atoms with Crippen LogP contribution in [0.3, 0.4) is 0 Å². The van der Waals surface area contributed by atoms with Crippen molar-refractivity contribution in [2.24, 2.45) is 0 Å². The SMILES string of the molecule is N#Cc1ccc(Cn2cncc2CN2CCc3ccc([N+](=O)[O-])cc3C2)cc1. The zero-order chi connectivity index (χ0) is 19.5. The molecule has 0 saturated heterocycles. The first-order valence-corrected chi connectivity index (χ1v) is 9.09. The average Bonchev–Trinajstić information content (AvgIpc) is 3.14. The van der Waals surface area contributed by atoms with Gasteiger partial charge in [0.2, 0.25) is 0 Å². The molecule has 1 aromatic heterocycles. The average molecular weight is 373 g/mol. The van der Waals surface area contributed by atoms with E-state index in [-0.39, 0.29) is 10.6 Å². The molecule has 0 N–H and O–H groups in total. The van der Waals surface area contributed by atoms with Crippen LogP contribution in [0.25, 0.3) is 0 Å². The second kappa shape index (κ2) is 7.62. The van der Waals surface area contributed by atoms with Crippen molar-refractivity contribution in [2.45, 2.75) is 26.1 Å². The Morgan fingerprint density at radius 3 is 2.71 bits per heavy atom. The Labute approximate surface area is 162 Å². The third-order valence-corrected chi connectivity index (χ3v) is 5.11. The Morgan fingerprint density at radius 2 is 1.96 bits per heavy atom. The monoisotopic (exact) mass is 373 g/mol. The maximum absolute atomic E-state index is 11.0. The number of rotatable bonds is 5. The highest BCUT2D eigenvalue weighted by Gasteiger charge is 2.20. The molecule has 28 heavy (non-hydrogen) atoms. The number of nitro groups is 1. The smallest absolute Gasteiger partial charge is 0.269 e. The van der Waals surface area contributed by atoms with Gasteiger partial charge in [-0.05, 0) is 35.2 Å². The highest BCUT2D eigenvalue weighted by Crippen LogP contribution is 2.25. The fourth-order valence-electron chi connectivity index (χ4n) is 3.58. The zero-order valence-electron chi connectivity index (χ0n) is 15.3. The van der Waals surface area contributed by atoms with Gasteiger partial charge in [-0.15, -0.1) is 0 Å². The third-order valence-electron chi connectivity index (χ3n) is 5.11. The van der Waals surface area contributed by atoms with E-state index in [1.807, 2.05) is 42.9 Å². The number of hydrogen-bond acceptors (Lipinski definition) is 5. The summed E-state index contributed by atoms with van der Waals surface area (Å²) in [5.74, 6) is 0. The Balaban J connectivity index is 1.47. The van der Waals surface area contributed by atoms with Crippen molar-refractivity contribution in [1.29, 1.82) is 5.26 Å². The molecule has 0 spiro atoms. The van der Waals surface area contributed by atoms with E-state index < -0.39 is 0 Å². The molecule has 0 amide bonds. The van der Waals surface area contributed by atoms with Crippen LogP contribution in [0, 0.1) is 21.4 Å². The van der Waals surface area contributed by atoms with Gasteiger partial charge in [-0.25, -0.2) is 4.98 Å². The van der Waals surface area contributed by atoms with E-state index in [2.05, 4.69) is 20.5 Å². The first-order chi connectivity index (χ1) is 13.6. The quantitative estimate of drug-likeness (QED) is 0.506. The minimum atomic E-state index is -0.341. The lowest BCUT2D eigenvalue weighted by molar-refractivity contribution is -0.385. The number of nitrogens with zero attached hydrogens (tertiary/aromatic N) is 5. The number of hydrogen-bond donors (Lipinski definition) is 0. The second-order valence-corrected chi connectivity index (χ2v) is 6.99. The molecule has 140 valence electrons. The Bertz CT molecular complexity index is 1050. The summed E-state index contributed by atoms with van der Waals surface area (Å²) < 4.78 is 2.10. The standard InChI is InChI=1S/C21H19N5O2/c22-10-16-1-3-17(4-2-16)12-25-15-23-11-21(25)14-24-8-7-18-5-6-20(26(27)28)9-19(18)13-24/h1-6,9,11,15H,7-8,12-14H2. The molecular weight excluding hydrogens is 354 g/mol. The van der Waals surface area contributed by atoms with Crippen molar-refractivity contribution in [1.82, 2.24) is 14.5 Å². The van der Waals surface area contributed by atoms with Crippen LogP contribution in [0.15, 0.2) is 55.0 Å². The van der Waals surface area contributed by atoms with Gasteiger partial charge in [0.25, 0.3) is 5.69 Å². The van der Waals surface area contributed by atoms with Gasteiger partial charge in [0.1, 0.15) is 0 Å². The van der Waals surface area contributed by atoms with E-state index in [1.54, 1.807) is 12.1 Å². The van der Waals surface area contributed by atoms with E-state index in [0.29, 0.717) is 18.7 Å². The summed E-state index contributed by atoms with van der Waals surface area (Å²) >= 11 is 0. The molecule has 0 atom stereocenters. The maximum Gasteiger partial charge on any atom is 0.269 e. The summed E-state index contributed by atoms with van der Waals surface area (Å²) in [6, 6.07) is 14.8. The number of benzene rings is 2. The van der Waals surface area contributed by atoms with E-state index in [0.717, 1.165) is 36.3 Å². The fourth-order valence-corrected chi connectivity index (χ4v) is 3.58. The molecule has 0 radical (unpaired) electrons. The highest BCUT2D eigenvalue weighted by molar-refractivity contribution is 5.41. The lowest BCUT2D eigenvalue weighted by Gasteiger charge is -2.28. The summed E-state index contributed by atoms with van der Waals surface area (Å²) in [6.45, 7) is 3.03. The van der Waals surface area contributed by atoms with Crippen molar-refractivity contribution in [3.63, 3.8) is 0 Å². The van der Waals surface area contributed by atoms with Gasteiger partial charge in [-0.2, -0.15) is 5.26 Å². The molecule has 0 fully saturated rings. The Kier molecular flexibility index (Phi) is 4.87. The lowest BCUT2D eigenvalue weighted by Crippen LogP contribution is -2.31. The topological polar surface area (TPSA) is 88.0 Å². The van der Waals surface area contributed by atoms with E-state index >= 15 is 0 Å². The van der Waals surface area contributed by atoms with E-state index in [1.165, 1.54) is 5.56 Å². The van der Waals surface area contributed by atoms with Gasteiger partial charge in [-0.1, -0.05) is 18.2 Å². The molecule has 0 bridgehead atoms. The fraction of sp³-hybridized carbons (Fsp3) is 0.238. The van der Waals surface area contributed by atoms with Gasteiger partial charge < -0.3 is 4.57 Å². The molecule has 2 aromatic carbocycles. The van der Waals surface area contributed by atoms with Gasteiger partial charge in [-0.3, -0.25) is 15.0 Å². The minimum Gasteiger partial charge on any atom is -0.329 e. The number of imidazole rings is 1. The molecule has 4 rings (SSSR count). The van der Waals surface area contributed by atoms with Crippen molar-refractivity contribution >= 4 is 5.69 Å². The third kappa shape index (κ3) is 3.77. The Morgan fingerprint density at radius 1 is 1.14 bits per heavy atom. The maximum atomic E-state index is 11.0. The molecule has 7 nitrogen and oxygen atoms in total. The highest BCUT2D eigenvalue weighted by atomic mass is 16.6. The van der Waals surface area contributed by atoms with Crippen LogP contribution in [0.5, 0.6) is 0 Å². The van der Waals surface area contributed by atoms with Crippen LogP contribution in [0.4, 0.5) is 5.69 Å². The van der Waals surface area contributed by atoms with Crippen molar-refractivity contribution < 1.29 is 4.92 Å². The number of fused-ring (bicyclic) bond motifs is 1. The number of nitriles is 1. The summed E-state index contributed by atoms with van der Waals surface area (Å²) in [5, 5.41) is 20.0. The second-order valence-electron chi connectivity index (χ2n) is 6.99. The van der Waals surface area contributed by atoms with Gasteiger partial charge in [0.15, 0.2) is 0 Å². The molecule has 2 heterocycles. The first kappa shape index (κ1) is 17.9. The summed E-state index contributed by atoms with van der Waals surface area (Å²) in [5.41, 5.74) is 5.21. The van der Waals surface area contributed by atoms with Crippen molar-refractivity contribution in [3.05, 3.63) is 93.1 Å². The predicted molar refractivity (Wildman–Crippen MR) is 103 cm³/mol. The first-order valence-electron chi connectivity index (χ1n) is 9.09. The minimum absolute atomic E-state index is 0.145. The van der Waals surface area contributed by atoms with Crippen molar-refractivity contribution in [3.8, 4) is 6.07 Å². The van der Waals surface area contributed by atoms with Crippen LogP contribution >= 0.6 is 0 Å². The van der Waals surface area contributed by atoms with Crippen LogP contribution in [-0.4, -0.2) is 25.9 Å².